The Bertz CT molecular complexity index is 597. The normalized spacial score (nSPS) is 22.0. The van der Waals surface area contributed by atoms with Gasteiger partial charge in [-0.1, -0.05) is 19.3 Å². The minimum atomic E-state index is 0.841. The second-order valence-electron chi connectivity index (χ2n) is 6.15. The molecule has 0 aromatic carbocycles. The minimum Gasteiger partial charge on any atom is -0.353 e. The molecule has 0 unspecified atom stereocenters. The van der Waals surface area contributed by atoms with Crippen LogP contribution < -0.4 is 4.90 Å². The van der Waals surface area contributed by atoms with E-state index in [4.69, 9.17) is 0 Å². The standard InChI is InChI=1S/C16H22N4S/c1-2-4-13(5-3-1)19-7-9-20(10-8-19)16-15-14(6-11-21-15)17-12-18-16/h6,11-13H,1-5,7-10H2. The lowest BCUT2D eigenvalue weighted by atomic mass is 9.94. The zero-order valence-electron chi connectivity index (χ0n) is 12.4. The maximum Gasteiger partial charge on any atom is 0.150 e. The summed E-state index contributed by atoms with van der Waals surface area (Å²) in [6.45, 7) is 4.56. The van der Waals surface area contributed by atoms with Gasteiger partial charge in [-0.05, 0) is 24.3 Å². The topological polar surface area (TPSA) is 32.3 Å². The lowest BCUT2D eigenvalue weighted by Gasteiger charge is -2.41. The molecule has 112 valence electrons. The predicted molar refractivity (Wildman–Crippen MR) is 88.1 cm³/mol. The Hall–Kier alpha value is -1.20. The molecule has 1 saturated heterocycles. The van der Waals surface area contributed by atoms with Gasteiger partial charge in [0.25, 0.3) is 0 Å². The smallest absolute Gasteiger partial charge is 0.150 e. The molecule has 4 rings (SSSR count). The number of thiophene rings is 1. The van der Waals surface area contributed by atoms with Crippen molar-refractivity contribution < 1.29 is 0 Å². The van der Waals surface area contributed by atoms with E-state index in [2.05, 4.69) is 31.2 Å². The largest absolute Gasteiger partial charge is 0.353 e. The summed E-state index contributed by atoms with van der Waals surface area (Å²) in [5.41, 5.74) is 1.08. The number of anilines is 1. The average molecular weight is 302 g/mol. The van der Waals surface area contributed by atoms with E-state index < -0.39 is 0 Å². The van der Waals surface area contributed by atoms with Crippen LogP contribution in [0.4, 0.5) is 5.82 Å². The Morgan fingerprint density at radius 3 is 2.62 bits per heavy atom. The van der Waals surface area contributed by atoms with Crippen LogP contribution in [0.2, 0.25) is 0 Å². The minimum absolute atomic E-state index is 0.841. The van der Waals surface area contributed by atoms with Crippen molar-refractivity contribution in [3.8, 4) is 0 Å². The molecule has 1 aliphatic heterocycles. The molecule has 0 spiro atoms. The van der Waals surface area contributed by atoms with Crippen molar-refractivity contribution in [3.63, 3.8) is 0 Å². The highest BCUT2D eigenvalue weighted by Gasteiger charge is 2.26. The molecular weight excluding hydrogens is 280 g/mol. The van der Waals surface area contributed by atoms with Gasteiger partial charge in [-0.15, -0.1) is 11.3 Å². The van der Waals surface area contributed by atoms with E-state index in [1.54, 1.807) is 17.7 Å². The molecule has 0 atom stereocenters. The first-order valence-corrected chi connectivity index (χ1v) is 8.97. The van der Waals surface area contributed by atoms with Crippen LogP contribution in [0.1, 0.15) is 32.1 Å². The number of hydrogen-bond donors (Lipinski definition) is 0. The lowest BCUT2D eigenvalue weighted by Crippen LogP contribution is -2.51. The highest BCUT2D eigenvalue weighted by atomic mass is 32.1. The average Bonchev–Trinajstić information content (AvgIpc) is 3.04. The van der Waals surface area contributed by atoms with Gasteiger partial charge in [0.2, 0.25) is 0 Å². The first-order valence-electron chi connectivity index (χ1n) is 8.09. The van der Waals surface area contributed by atoms with Crippen molar-refractivity contribution in [1.82, 2.24) is 14.9 Å². The molecule has 4 nitrogen and oxygen atoms in total. The van der Waals surface area contributed by atoms with Crippen LogP contribution in [0, 0.1) is 0 Å². The van der Waals surface area contributed by atoms with Gasteiger partial charge in [-0.3, -0.25) is 4.90 Å². The fourth-order valence-corrected chi connectivity index (χ4v) is 4.61. The molecule has 0 bridgehead atoms. The molecular formula is C16H22N4S. The molecule has 1 aliphatic carbocycles. The SMILES string of the molecule is c1nc(N2CCN(C3CCCCC3)CC2)c2sccc2n1. The highest BCUT2D eigenvalue weighted by Crippen LogP contribution is 2.29. The van der Waals surface area contributed by atoms with E-state index >= 15 is 0 Å². The Balaban J connectivity index is 1.46. The van der Waals surface area contributed by atoms with Crippen molar-refractivity contribution in [1.29, 1.82) is 0 Å². The second kappa shape index (κ2) is 5.89. The summed E-state index contributed by atoms with van der Waals surface area (Å²) in [6, 6.07) is 2.93. The molecule has 3 heterocycles. The molecule has 2 aromatic heterocycles. The third-order valence-electron chi connectivity index (χ3n) is 4.93. The summed E-state index contributed by atoms with van der Waals surface area (Å²) in [7, 11) is 0. The zero-order chi connectivity index (χ0) is 14.1. The van der Waals surface area contributed by atoms with Crippen LogP contribution in [0.15, 0.2) is 17.8 Å². The molecule has 1 saturated carbocycles. The third kappa shape index (κ3) is 2.64. The number of piperazine rings is 1. The lowest BCUT2D eigenvalue weighted by molar-refractivity contribution is 0.148. The Kier molecular flexibility index (Phi) is 3.78. The van der Waals surface area contributed by atoms with Gasteiger partial charge >= 0.3 is 0 Å². The van der Waals surface area contributed by atoms with Gasteiger partial charge < -0.3 is 4.90 Å². The fraction of sp³-hybridized carbons (Fsp3) is 0.625. The summed E-state index contributed by atoms with van der Waals surface area (Å²) < 4.78 is 1.24. The van der Waals surface area contributed by atoms with E-state index in [1.807, 2.05) is 0 Å². The summed E-state index contributed by atoms with van der Waals surface area (Å²) in [5.74, 6) is 1.14. The monoisotopic (exact) mass is 302 g/mol. The molecule has 0 radical (unpaired) electrons. The summed E-state index contributed by atoms with van der Waals surface area (Å²) in [5, 5.41) is 2.11. The molecule has 0 N–H and O–H groups in total. The zero-order valence-corrected chi connectivity index (χ0v) is 13.2. The third-order valence-corrected chi connectivity index (χ3v) is 5.83. The van der Waals surface area contributed by atoms with Gasteiger partial charge in [-0.25, -0.2) is 9.97 Å². The molecule has 2 fully saturated rings. The molecule has 2 aromatic rings. The number of hydrogen-bond acceptors (Lipinski definition) is 5. The van der Waals surface area contributed by atoms with E-state index in [1.165, 1.54) is 49.9 Å². The Labute approximate surface area is 129 Å². The number of fused-ring (bicyclic) bond motifs is 1. The summed E-state index contributed by atoms with van der Waals surface area (Å²) >= 11 is 1.76. The number of aromatic nitrogens is 2. The first-order chi connectivity index (χ1) is 10.4. The quantitative estimate of drug-likeness (QED) is 0.853. The maximum atomic E-state index is 4.55. The van der Waals surface area contributed by atoms with Crippen molar-refractivity contribution in [2.75, 3.05) is 31.1 Å². The van der Waals surface area contributed by atoms with Gasteiger partial charge in [0, 0.05) is 32.2 Å². The van der Waals surface area contributed by atoms with Crippen LogP contribution >= 0.6 is 11.3 Å². The van der Waals surface area contributed by atoms with Crippen LogP contribution in [0.25, 0.3) is 10.2 Å². The van der Waals surface area contributed by atoms with Crippen LogP contribution in [0.5, 0.6) is 0 Å². The Morgan fingerprint density at radius 1 is 1.00 bits per heavy atom. The van der Waals surface area contributed by atoms with Crippen molar-refractivity contribution in [2.24, 2.45) is 0 Å². The van der Waals surface area contributed by atoms with E-state index in [9.17, 15) is 0 Å². The summed E-state index contributed by atoms with van der Waals surface area (Å²) in [4.78, 5) is 14.0. The molecule has 21 heavy (non-hydrogen) atoms. The molecule has 2 aliphatic rings. The van der Waals surface area contributed by atoms with Crippen LogP contribution in [0.3, 0.4) is 0 Å². The van der Waals surface area contributed by atoms with Gasteiger partial charge in [0.15, 0.2) is 0 Å². The van der Waals surface area contributed by atoms with E-state index in [-0.39, 0.29) is 0 Å². The predicted octanol–water partition coefficient (Wildman–Crippen LogP) is 3.15. The maximum absolute atomic E-state index is 4.55. The second-order valence-corrected chi connectivity index (χ2v) is 7.06. The number of nitrogens with zero attached hydrogens (tertiary/aromatic N) is 4. The van der Waals surface area contributed by atoms with Gasteiger partial charge in [-0.2, -0.15) is 0 Å². The van der Waals surface area contributed by atoms with Crippen LogP contribution in [-0.2, 0) is 0 Å². The van der Waals surface area contributed by atoms with Crippen molar-refractivity contribution >= 4 is 27.4 Å². The van der Waals surface area contributed by atoms with Crippen molar-refractivity contribution in [2.45, 2.75) is 38.1 Å². The number of rotatable bonds is 2. The summed E-state index contributed by atoms with van der Waals surface area (Å²) in [6.07, 6.45) is 8.80. The molecule has 5 heteroatoms. The Morgan fingerprint density at radius 2 is 1.81 bits per heavy atom. The molecule has 0 amide bonds. The van der Waals surface area contributed by atoms with Gasteiger partial charge in [0.1, 0.15) is 12.1 Å². The highest BCUT2D eigenvalue weighted by molar-refractivity contribution is 7.17. The van der Waals surface area contributed by atoms with E-state index in [0.29, 0.717) is 0 Å². The van der Waals surface area contributed by atoms with Crippen molar-refractivity contribution in [3.05, 3.63) is 17.8 Å². The fourth-order valence-electron chi connectivity index (χ4n) is 3.75. The first kappa shape index (κ1) is 13.5. The van der Waals surface area contributed by atoms with E-state index in [0.717, 1.165) is 30.5 Å². The van der Waals surface area contributed by atoms with Crippen LogP contribution in [-0.4, -0.2) is 47.1 Å². The van der Waals surface area contributed by atoms with Gasteiger partial charge in [0.05, 0.1) is 10.2 Å².